The lowest BCUT2D eigenvalue weighted by Gasteiger charge is -2.39. The summed E-state index contributed by atoms with van der Waals surface area (Å²) in [6, 6.07) is 10.4. The van der Waals surface area contributed by atoms with Crippen molar-refractivity contribution >= 4 is 11.9 Å². The number of likely N-dealkylation sites (tertiary alicyclic amines) is 1. The molecule has 1 aromatic rings. The van der Waals surface area contributed by atoms with Crippen LogP contribution in [0.3, 0.4) is 0 Å². The Bertz CT molecular complexity index is 627. The molecule has 156 valence electrons. The van der Waals surface area contributed by atoms with Gasteiger partial charge in [0.25, 0.3) is 0 Å². The summed E-state index contributed by atoms with van der Waals surface area (Å²) in [6.07, 6.45) is 3.20. The summed E-state index contributed by atoms with van der Waals surface area (Å²) in [7, 11) is 0. The number of rotatable bonds is 7. The van der Waals surface area contributed by atoms with E-state index >= 15 is 0 Å². The van der Waals surface area contributed by atoms with Crippen LogP contribution in [0.2, 0.25) is 0 Å². The highest BCUT2D eigenvalue weighted by Gasteiger charge is 2.27. The van der Waals surface area contributed by atoms with Crippen LogP contribution in [0.25, 0.3) is 0 Å². The zero-order valence-electron chi connectivity index (χ0n) is 17.8. The zero-order valence-corrected chi connectivity index (χ0v) is 17.8. The van der Waals surface area contributed by atoms with E-state index in [4.69, 9.17) is 0 Å². The van der Waals surface area contributed by atoms with Crippen molar-refractivity contribution in [3.63, 3.8) is 0 Å². The number of hydrogen-bond acceptors (Lipinski definition) is 4. The molecule has 1 aliphatic heterocycles. The van der Waals surface area contributed by atoms with Crippen molar-refractivity contribution in [1.82, 2.24) is 20.4 Å². The maximum Gasteiger partial charge on any atom is 0.321 e. The minimum Gasteiger partial charge on any atom is -0.333 e. The molecule has 1 heterocycles. The number of nitrogens with zero attached hydrogens (tertiary/aromatic N) is 2. The van der Waals surface area contributed by atoms with Gasteiger partial charge in [-0.2, -0.15) is 0 Å². The van der Waals surface area contributed by atoms with E-state index in [-0.39, 0.29) is 18.0 Å². The maximum atomic E-state index is 12.4. The highest BCUT2D eigenvalue weighted by Crippen LogP contribution is 2.18. The molecule has 2 N–H and O–H groups in total. The molecule has 0 spiro atoms. The Morgan fingerprint density at radius 1 is 1.21 bits per heavy atom. The van der Waals surface area contributed by atoms with Crippen molar-refractivity contribution in [3.8, 4) is 0 Å². The number of hydrogen-bond donors (Lipinski definition) is 2. The van der Waals surface area contributed by atoms with E-state index in [2.05, 4.69) is 51.6 Å². The minimum absolute atomic E-state index is 0.240. The summed E-state index contributed by atoms with van der Waals surface area (Å²) in [6.45, 7) is 11.9. The zero-order chi connectivity index (χ0) is 20.6. The van der Waals surface area contributed by atoms with Crippen LogP contribution in [0, 0.1) is 0 Å². The predicted molar refractivity (Wildman–Crippen MR) is 113 cm³/mol. The molecular formula is C22H36N4O2. The lowest BCUT2D eigenvalue weighted by molar-refractivity contribution is -0.122. The van der Waals surface area contributed by atoms with Crippen molar-refractivity contribution in [2.24, 2.45) is 0 Å². The molecule has 6 nitrogen and oxygen atoms in total. The van der Waals surface area contributed by atoms with Crippen molar-refractivity contribution in [1.29, 1.82) is 0 Å². The molecule has 2 rings (SSSR count). The third kappa shape index (κ3) is 7.98. The minimum atomic E-state index is -0.428. The molecule has 6 heteroatoms. The summed E-state index contributed by atoms with van der Waals surface area (Å²) in [5.41, 5.74) is 0.955. The van der Waals surface area contributed by atoms with E-state index in [0.717, 1.165) is 45.4 Å². The molecular weight excluding hydrogens is 352 g/mol. The van der Waals surface area contributed by atoms with Gasteiger partial charge >= 0.3 is 6.03 Å². The van der Waals surface area contributed by atoms with Crippen molar-refractivity contribution in [2.45, 2.75) is 65.1 Å². The van der Waals surface area contributed by atoms with Gasteiger partial charge in [-0.15, -0.1) is 0 Å². The number of benzene rings is 1. The Balaban J connectivity index is 1.90. The van der Waals surface area contributed by atoms with Gasteiger partial charge in [0.05, 0.1) is 6.54 Å². The monoisotopic (exact) mass is 388 g/mol. The molecule has 0 saturated carbocycles. The van der Waals surface area contributed by atoms with Crippen LogP contribution in [-0.4, -0.2) is 59.5 Å². The maximum absolute atomic E-state index is 12.4. The SMILES string of the molecule is CCCN(CC(=O)NC(=O)NC(C)(C)C)C1CCCN(Cc2ccccc2)C1. The highest BCUT2D eigenvalue weighted by atomic mass is 16.2. The first-order valence-electron chi connectivity index (χ1n) is 10.4. The largest absolute Gasteiger partial charge is 0.333 e. The number of imide groups is 1. The fraction of sp³-hybridized carbons (Fsp3) is 0.636. The van der Waals surface area contributed by atoms with Gasteiger partial charge in [-0.1, -0.05) is 37.3 Å². The average Bonchev–Trinajstić information content (AvgIpc) is 2.60. The quantitative estimate of drug-likeness (QED) is 0.754. The summed E-state index contributed by atoms with van der Waals surface area (Å²) < 4.78 is 0. The van der Waals surface area contributed by atoms with E-state index in [1.807, 2.05) is 26.8 Å². The fourth-order valence-electron chi connectivity index (χ4n) is 3.71. The number of amides is 3. The van der Waals surface area contributed by atoms with Gasteiger partial charge in [0.1, 0.15) is 0 Å². The summed E-state index contributed by atoms with van der Waals surface area (Å²) in [4.78, 5) is 29.1. The van der Waals surface area contributed by atoms with Gasteiger partial charge in [0, 0.05) is 24.7 Å². The van der Waals surface area contributed by atoms with Crippen LogP contribution in [0.5, 0.6) is 0 Å². The molecule has 0 radical (unpaired) electrons. The number of carbonyl (C=O) groups is 2. The van der Waals surface area contributed by atoms with E-state index in [0.29, 0.717) is 6.04 Å². The van der Waals surface area contributed by atoms with Crippen molar-refractivity contribution < 1.29 is 9.59 Å². The molecule has 1 aromatic carbocycles. The number of urea groups is 1. The van der Waals surface area contributed by atoms with Crippen LogP contribution in [0.1, 0.15) is 52.5 Å². The molecule has 3 amide bonds. The standard InChI is InChI=1S/C22H36N4O2/c1-5-13-26(17-20(27)23-21(28)24-22(2,3)4)19-12-9-14-25(16-19)15-18-10-7-6-8-11-18/h6-8,10-11,19H,5,9,12-17H2,1-4H3,(H2,23,24,27,28). The first-order valence-corrected chi connectivity index (χ1v) is 10.4. The second-order valence-corrected chi connectivity index (χ2v) is 8.74. The summed E-state index contributed by atoms with van der Waals surface area (Å²) in [5, 5.41) is 5.24. The lowest BCUT2D eigenvalue weighted by Crippen LogP contribution is -2.53. The Kier molecular flexibility index (Phi) is 8.45. The molecule has 1 aliphatic rings. The van der Waals surface area contributed by atoms with E-state index in [1.165, 1.54) is 5.56 Å². The van der Waals surface area contributed by atoms with Crippen LogP contribution >= 0.6 is 0 Å². The molecule has 1 atom stereocenters. The van der Waals surface area contributed by atoms with Crippen LogP contribution in [-0.2, 0) is 11.3 Å². The number of carbonyl (C=O) groups excluding carboxylic acids is 2. The van der Waals surface area contributed by atoms with Crippen LogP contribution < -0.4 is 10.6 Å². The topological polar surface area (TPSA) is 64.7 Å². The van der Waals surface area contributed by atoms with E-state index in [1.54, 1.807) is 0 Å². The molecule has 28 heavy (non-hydrogen) atoms. The molecule has 0 aliphatic carbocycles. The third-order valence-corrected chi connectivity index (χ3v) is 4.85. The van der Waals surface area contributed by atoms with Gasteiger partial charge < -0.3 is 5.32 Å². The van der Waals surface area contributed by atoms with Crippen molar-refractivity contribution in [3.05, 3.63) is 35.9 Å². The smallest absolute Gasteiger partial charge is 0.321 e. The van der Waals surface area contributed by atoms with Gasteiger partial charge in [0.2, 0.25) is 5.91 Å². The van der Waals surface area contributed by atoms with E-state index < -0.39 is 6.03 Å². The first-order chi connectivity index (χ1) is 13.3. The summed E-state index contributed by atoms with van der Waals surface area (Å²) >= 11 is 0. The second-order valence-electron chi connectivity index (χ2n) is 8.74. The Hall–Kier alpha value is -1.92. The molecule has 1 saturated heterocycles. The Labute approximate surface area is 169 Å². The number of piperidine rings is 1. The molecule has 0 aromatic heterocycles. The predicted octanol–water partition coefficient (Wildman–Crippen LogP) is 2.99. The van der Waals surface area contributed by atoms with Crippen molar-refractivity contribution in [2.75, 3.05) is 26.2 Å². The first kappa shape index (κ1) is 22.4. The molecule has 1 unspecified atom stereocenters. The van der Waals surface area contributed by atoms with Crippen LogP contribution in [0.15, 0.2) is 30.3 Å². The number of nitrogens with one attached hydrogen (secondary N) is 2. The second kappa shape index (κ2) is 10.6. The molecule has 1 fully saturated rings. The van der Waals surface area contributed by atoms with Gasteiger partial charge in [-0.05, 0) is 58.7 Å². The average molecular weight is 389 g/mol. The van der Waals surface area contributed by atoms with E-state index in [9.17, 15) is 9.59 Å². The third-order valence-electron chi connectivity index (χ3n) is 4.85. The summed E-state index contributed by atoms with van der Waals surface area (Å²) in [5.74, 6) is -0.240. The normalized spacial score (nSPS) is 18.1. The Morgan fingerprint density at radius 3 is 2.57 bits per heavy atom. The fourth-order valence-corrected chi connectivity index (χ4v) is 3.71. The Morgan fingerprint density at radius 2 is 1.93 bits per heavy atom. The van der Waals surface area contributed by atoms with Gasteiger partial charge in [-0.25, -0.2) is 4.79 Å². The lowest BCUT2D eigenvalue weighted by atomic mass is 10.0. The van der Waals surface area contributed by atoms with Crippen LogP contribution in [0.4, 0.5) is 4.79 Å². The highest BCUT2D eigenvalue weighted by molar-refractivity contribution is 5.95. The molecule has 0 bridgehead atoms. The van der Waals surface area contributed by atoms with Gasteiger partial charge in [-0.3, -0.25) is 19.9 Å². The van der Waals surface area contributed by atoms with Gasteiger partial charge in [0.15, 0.2) is 0 Å².